The van der Waals surface area contributed by atoms with Gasteiger partial charge in [-0.1, -0.05) is 13.1 Å². The van der Waals surface area contributed by atoms with E-state index in [-0.39, 0.29) is 11.1 Å². The van der Waals surface area contributed by atoms with Crippen molar-refractivity contribution in [2.75, 3.05) is 12.5 Å². The van der Waals surface area contributed by atoms with E-state index >= 15 is 0 Å². The van der Waals surface area contributed by atoms with E-state index in [9.17, 15) is 0 Å². The highest BCUT2D eigenvalue weighted by Gasteiger charge is 2.17. The van der Waals surface area contributed by atoms with Gasteiger partial charge in [-0.2, -0.15) is 11.1 Å². The van der Waals surface area contributed by atoms with Gasteiger partial charge in [-0.3, -0.25) is 0 Å². The zero-order valence-electron chi connectivity index (χ0n) is 7.43. The van der Waals surface area contributed by atoms with Crippen LogP contribution in [0.15, 0.2) is 0 Å². The second kappa shape index (κ2) is 4.82. The van der Waals surface area contributed by atoms with Gasteiger partial charge < -0.3 is 3.64 Å². The summed E-state index contributed by atoms with van der Waals surface area (Å²) in [5.74, 6) is 0. The molecule has 5 heteroatoms. The minimum atomic E-state index is -1.01. The Balaban J connectivity index is 3.98. The van der Waals surface area contributed by atoms with Gasteiger partial charge in [0.1, 0.15) is 8.96 Å². The molecule has 0 aromatic heterocycles. The number of hydrogen-bond donors (Lipinski definition) is 1. The summed E-state index contributed by atoms with van der Waals surface area (Å²) < 4.78 is 2.61. The fourth-order valence-electron chi connectivity index (χ4n) is 1.19. The van der Waals surface area contributed by atoms with Crippen molar-refractivity contribution in [1.82, 2.24) is 3.64 Å². The van der Waals surface area contributed by atoms with Gasteiger partial charge in [-0.05, 0) is 19.1 Å². The fourth-order valence-corrected chi connectivity index (χ4v) is 14.3. The van der Waals surface area contributed by atoms with E-state index in [1.807, 2.05) is 0 Å². The third-order valence-corrected chi connectivity index (χ3v) is 14.0. The normalized spacial score (nSPS) is 16.2. The minimum absolute atomic E-state index is 0.0820. The van der Waals surface area contributed by atoms with Crippen molar-refractivity contribution < 1.29 is 0 Å². The van der Waals surface area contributed by atoms with Crippen LogP contribution >= 0.6 is 22.2 Å². The lowest BCUT2D eigenvalue weighted by Gasteiger charge is -2.34. The lowest BCUT2D eigenvalue weighted by molar-refractivity contribution is 1.10. The lowest BCUT2D eigenvalue weighted by Crippen LogP contribution is -2.38. The summed E-state index contributed by atoms with van der Waals surface area (Å²) in [6, 6.07) is 0. The third kappa shape index (κ3) is 3.43. The van der Waals surface area contributed by atoms with Crippen molar-refractivity contribution in [3.63, 3.8) is 0 Å². The second-order valence-electron chi connectivity index (χ2n) is 2.89. The van der Waals surface area contributed by atoms with Gasteiger partial charge in [0.05, 0.1) is 0 Å². The van der Waals surface area contributed by atoms with Gasteiger partial charge in [0.15, 0.2) is 0 Å². The Hall–Kier alpha value is 1.03. The Morgan fingerprint density at radius 3 is 1.60 bits per heavy atom. The van der Waals surface area contributed by atoms with E-state index in [2.05, 4.69) is 35.8 Å². The molecule has 0 saturated heterocycles. The molecule has 0 aliphatic rings. The Morgan fingerprint density at radius 2 is 1.60 bits per heavy atom. The molecule has 0 heterocycles. The van der Waals surface area contributed by atoms with Crippen LogP contribution in [-0.2, 0) is 0 Å². The molecule has 0 aromatic carbocycles. The number of hydrogen-bond acceptors (Lipinski definition) is 1. The molecular weight excluding hydrogens is 198 g/mol. The molecule has 0 aliphatic carbocycles. The van der Waals surface area contributed by atoms with Gasteiger partial charge in [-0.25, -0.2) is 11.1 Å². The highest BCUT2D eigenvalue weighted by atomic mass is 35.6. The van der Waals surface area contributed by atoms with Crippen LogP contribution in [0.1, 0.15) is 0 Å². The molecule has 0 amide bonds. The minimum Gasteiger partial charge on any atom is -0.304 e. The molecular formula is C5H18ClNSSi2. The molecule has 0 N–H and O–H groups in total. The van der Waals surface area contributed by atoms with Crippen molar-refractivity contribution >= 4 is 39.4 Å². The number of nitrogens with zero attached hydrogens (tertiary/aromatic N) is 1. The summed E-state index contributed by atoms with van der Waals surface area (Å²) in [5.41, 5.74) is 0. The van der Waals surface area contributed by atoms with Crippen LogP contribution in [0, 0.1) is 0 Å². The second-order valence-corrected chi connectivity index (χ2v) is 12.9. The predicted molar refractivity (Wildman–Crippen MR) is 60.4 cm³/mol. The predicted octanol–water partition coefficient (Wildman–Crippen LogP) is 1.54. The molecule has 0 bridgehead atoms. The summed E-state index contributed by atoms with van der Waals surface area (Å²) in [6.45, 7) is 6.92. The summed E-state index contributed by atoms with van der Waals surface area (Å²) in [7, 11) is -1.61. The van der Waals surface area contributed by atoms with Crippen LogP contribution in [0.25, 0.3) is 0 Å². The molecule has 0 aromatic rings. The Bertz CT molecular complexity index is 80.6. The zero-order valence-corrected chi connectivity index (χ0v) is 11.4. The molecule has 64 valence electrons. The zero-order chi connectivity index (χ0) is 8.31. The maximum Gasteiger partial charge on any atom is 0.212 e. The maximum absolute atomic E-state index is 6.15. The molecule has 0 fully saturated rings. The lowest BCUT2D eigenvalue weighted by atomic mass is 11.9. The number of rotatable bonds is 3. The average Bonchev–Trinajstić information content (AvgIpc) is 1.59. The van der Waals surface area contributed by atoms with Crippen molar-refractivity contribution in [3.8, 4) is 0 Å². The molecule has 0 spiro atoms. The van der Waals surface area contributed by atoms with E-state index in [0.29, 0.717) is 0 Å². The molecule has 1 atom stereocenters. The van der Waals surface area contributed by atoms with Gasteiger partial charge in [0, 0.05) is 0 Å². The molecule has 0 radical (unpaired) electrons. The van der Waals surface area contributed by atoms with Gasteiger partial charge in [-0.15, -0.1) is 0 Å². The van der Waals surface area contributed by atoms with Crippen LogP contribution in [0.4, 0.5) is 0 Å². The van der Waals surface area contributed by atoms with E-state index in [1.165, 1.54) is 0 Å². The SMILES string of the molecule is C[SiH](C)N([SiH](C)Cl)[SH](C)C. The first-order valence-corrected chi connectivity index (χ1v) is 12.0. The van der Waals surface area contributed by atoms with E-state index in [4.69, 9.17) is 11.1 Å². The van der Waals surface area contributed by atoms with Crippen LogP contribution in [0.2, 0.25) is 19.6 Å². The highest BCUT2D eigenvalue weighted by molar-refractivity contribution is 8.15. The average molecular weight is 216 g/mol. The van der Waals surface area contributed by atoms with Crippen molar-refractivity contribution in [2.24, 2.45) is 0 Å². The summed E-state index contributed by atoms with van der Waals surface area (Å²) in [6.07, 6.45) is 4.60. The van der Waals surface area contributed by atoms with Crippen molar-refractivity contribution in [2.45, 2.75) is 19.6 Å². The Morgan fingerprint density at radius 1 is 1.20 bits per heavy atom. The maximum atomic E-state index is 6.15. The van der Waals surface area contributed by atoms with Crippen LogP contribution in [0.3, 0.4) is 0 Å². The molecule has 0 aliphatic heterocycles. The monoisotopic (exact) mass is 215 g/mol. The smallest absolute Gasteiger partial charge is 0.212 e. The fraction of sp³-hybridized carbons (Fsp3) is 1.00. The van der Waals surface area contributed by atoms with Gasteiger partial charge in [0.2, 0.25) is 8.27 Å². The standard InChI is InChI=1S/C5H18ClNSSi2/c1-8(2)7(9(3)4)10(5)6/h8-10H,1-5H3. The molecule has 1 nitrogen and oxygen atoms in total. The summed E-state index contributed by atoms with van der Waals surface area (Å²) >= 11 is 6.23. The summed E-state index contributed by atoms with van der Waals surface area (Å²) in [4.78, 5) is 0. The summed E-state index contributed by atoms with van der Waals surface area (Å²) in [5, 5.41) is 0. The topological polar surface area (TPSA) is 3.24 Å². The Kier molecular flexibility index (Phi) is 5.32. The molecule has 1 unspecified atom stereocenters. The van der Waals surface area contributed by atoms with E-state index in [0.717, 1.165) is 0 Å². The first kappa shape index (κ1) is 11.0. The quantitative estimate of drug-likeness (QED) is 0.425. The van der Waals surface area contributed by atoms with Crippen molar-refractivity contribution in [3.05, 3.63) is 0 Å². The highest BCUT2D eigenvalue weighted by Crippen LogP contribution is 2.25. The number of halogens is 1. The molecule has 10 heavy (non-hydrogen) atoms. The van der Waals surface area contributed by atoms with Gasteiger partial charge in [0.25, 0.3) is 0 Å². The van der Waals surface area contributed by atoms with Crippen LogP contribution < -0.4 is 0 Å². The van der Waals surface area contributed by atoms with Gasteiger partial charge >= 0.3 is 0 Å². The van der Waals surface area contributed by atoms with E-state index in [1.54, 1.807) is 0 Å². The molecule has 0 rings (SSSR count). The number of thiol groups is 1. The Labute approximate surface area is 75.3 Å². The van der Waals surface area contributed by atoms with Crippen LogP contribution in [-0.4, -0.2) is 33.4 Å². The first-order chi connectivity index (χ1) is 4.46. The largest absolute Gasteiger partial charge is 0.304 e. The molecule has 0 saturated carbocycles. The first-order valence-electron chi connectivity index (χ1n) is 3.56. The van der Waals surface area contributed by atoms with E-state index < -0.39 is 17.2 Å². The van der Waals surface area contributed by atoms with Crippen LogP contribution in [0.5, 0.6) is 0 Å². The van der Waals surface area contributed by atoms with Crippen molar-refractivity contribution in [1.29, 1.82) is 0 Å². The third-order valence-electron chi connectivity index (χ3n) is 1.36.